The average molecular weight is 484 g/mol. The number of carboxylic acid groups (broad SMARTS) is 1. The summed E-state index contributed by atoms with van der Waals surface area (Å²) < 4.78 is 13.0. The molecule has 34 heavy (non-hydrogen) atoms. The van der Waals surface area contributed by atoms with Gasteiger partial charge in [0.1, 0.15) is 0 Å². The molecule has 0 amide bonds. The molecule has 1 aliphatic rings. The van der Waals surface area contributed by atoms with Crippen molar-refractivity contribution < 1.29 is 19.4 Å². The molecule has 7 nitrogen and oxygen atoms in total. The van der Waals surface area contributed by atoms with Gasteiger partial charge in [-0.3, -0.25) is 9.58 Å². The van der Waals surface area contributed by atoms with Crippen LogP contribution in [0.2, 0.25) is 5.02 Å². The highest BCUT2D eigenvalue weighted by atomic mass is 35.5. The molecule has 0 aliphatic carbocycles. The van der Waals surface area contributed by atoms with E-state index in [4.69, 9.17) is 26.2 Å². The molecule has 3 aromatic rings. The van der Waals surface area contributed by atoms with E-state index in [0.717, 1.165) is 49.7 Å². The predicted molar refractivity (Wildman–Crippen MR) is 131 cm³/mol. The summed E-state index contributed by atoms with van der Waals surface area (Å²) in [7, 11) is 0. The molecule has 0 unspecified atom stereocenters. The summed E-state index contributed by atoms with van der Waals surface area (Å²) in [6, 6.07) is 18.1. The first-order valence-corrected chi connectivity index (χ1v) is 11.8. The molecular formula is C26H30ClN3O4. The summed E-state index contributed by atoms with van der Waals surface area (Å²) in [5, 5.41) is 14.8. The second-order valence-corrected chi connectivity index (χ2v) is 9.37. The molecule has 0 radical (unpaired) electrons. The second-order valence-electron chi connectivity index (χ2n) is 8.96. The van der Waals surface area contributed by atoms with Gasteiger partial charge in [-0.25, -0.2) is 4.79 Å². The zero-order chi connectivity index (χ0) is 24.1. The number of rotatable bonds is 9. The first kappa shape index (κ1) is 24.4. The highest BCUT2D eigenvalue weighted by Gasteiger charge is 2.28. The minimum Gasteiger partial charge on any atom is -0.479 e. The number of carbonyl (C=O) groups is 1. The second kappa shape index (κ2) is 10.7. The van der Waals surface area contributed by atoms with E-state index in [1.165, 1.54) is 19.4 Å². The summed E-state index contributed by atoms with van der Waals surface area (Å²) in [4.78, 5) is 13.8. The highest BCUT2D eigenvalue weighted by molar-refractivity contribution is 6.31. The maximum absolute atomic E-state index is 11.4. The SMILES string of the molecule is CC(C)(OCc1cc(-c2cccc(CN3CCOCC3)c2)n(Cc2ccccc2Cl)n1)C(=O)O. The van der Waals surface area contributed by atoms with Crippen molar-refractivity contribution in [3.05, 3.63) is 76.4 Å². The van der Waals surface area contributed by atoms with Gasteiger partial charge in [0.15, 0.2) is 5.60 Å². The van der Waals surface area contributed by atoms with Gasteiger partial charge < -0.3 is 14.6 Å². The first-order chi connectivity index (χ1) is 16.3. The van der Waals surface area contributed by atoms with Crippen molar-refractivity contribution in [1.82, 2.24) is 14.7 Å². The maximum atomic E-state index is 11.4. The lowest BCUT2D eigenvalue weighted by atomic mass is 10.1. The third-order valence-corrected chi connectivity index (χ3v) is 6.31. The largest absolute Gasteiger partial charge is 0.479 e. The van der Waals surface area contributed by atoms with Gasteiger partial charge in [0.2, 0.25) is 0 Å². The van der Waals surface area contributed by atoms with Crippen LogP contribution in [0.5, 0.6) is 0 Å². The van der Waals surface area contributed by atoms with Gasteiger partial charge in [-0.2, -0.15) is 5.10 Å². The molecule has 1 aliphatic heterocycles. The molecule has 0 spiro atoms. The molecule has 4 rings (SSSR count). The summed E-state index contributed by atoms with van der Waals surface area (Å²) in [6.45, 7) is 7.89. The minimum absolute atomic E-state index is 0.0925. The Morgan fingerprint density at radius 2 is 1.88 bits per heavy atom. The number of hydrogen-bond acceptors (Lipinski definition) is 5. The Morgan fingerprint density at radius 3 is 2.62 bits per heavy atom. The van der Waals surface area contributed by atoms with Crippen molar-refractivity contribution >= 4 is 17.6 Å². The lowest BCUT2D eigenvalue weighted by Crippen LogP contribution is -2.35. The van der Waals surface area contributed by atoms with Crippen molar-refractivity contribution in [2.75, 3.05) is 26.3 Å². The van der Waals surface area contributed by atoms with Gasteiger partial charge in [0.05, 0.1) is 37.8 Å². The van der Waals surface area contributed by atoms with Crippen molar-refractivity contribution in [2.24, 2.45) is 0 Å². The van der Waals surface area contributed by atoms with Crippen molar-refractivity contribution in [2.45, 2.75) is 39.1 Å². The molecule has 0 bridgehead atoms. The van der Waals surface area contributed by atoms with E-state index in [1.807, 2.05) is 35.0 Å². The summed E-state index contributed by atoms with van der Waals surface area (Å²) in [6.07, 6.45) is 0. The van der Waals surface area contributed by atoms with E-state index in [1.54, 1.807) is 0 Å². The smallest absolute Gasteiger partial charge is 0.335 e. The van der Waals surface area contributed by atoms with E-state index in [2.05, 4.69) is 29.2 Å². The molecule has 2 heterocycles. The van der Waals surface area contributed by atoms with E-state index >= 15 is 0 Å². The van der Waals surface area contributed by atoms with Crippen LogP contribution < -0.4 is 0 Å². The Bertz CT molecular complexity index is 1140. The lowest BCUT2D eigenvalue weighted by molar-refractivity contribution is -0.162. The average Bonchev–Trinajstić information content (AvgIpc) is 3.23. The van der Waals surface area contributed by atoms with E-state index in [9.17, 15) is 9.90 Å². The summed E-state index contributed by atoms with van der Waals surface area (Å²) in [5.41, 5.74) is 3.50. The Morgan fingerprint density at radius 1 is 1.12 bits per heavy atom. The van der Waals surface area contributed by atoms with Gasteiger partial charge >= 0.3 is 5.97 Å². The molecule has 1 saturated heterocycles. The van der Waals surface area contributed by atoms with Gasteiger partial charge in [0.25, 0.3) is 0 Å². The zero-order valence-electron chi connectivity index (χ0n) is 19.5. The van der Waals surface area contributed by atoms with Crippen molar-refractivity contribution in [3.63, 3.8) is 0 Å². The van der Waals surface area contributed by atoms with Crippen LogP contribution in [0.25, 0.3) is 11.3 Å². The number of nitrogens with zero attached hydrogens (tertiary/aromatic N) is 3. The monoisotopic (exact) mass is 483 g/mol. The van der Waals surface area contributed by atoms with E-state index in [-0.39, 0.29) is 6.61 Å². The molecule has 0 atom stereocenters. The first-order valence-electron chi connectivity index (χ1n) is 11.4. The zero-order valence-corrected chi connectivity index (χ0v) is 20.3. The molecule has 180 valence electrons. The third-order valence-electron chi connectivity index (χ3n) is 5.94. The van der Waals surface area contributed by atoms with Crippen LogP contribution >= 0.6 is 11.6 Å². The van der Waals surface area contributed by atoms with Gasteiger partial charge in [-0.1, -0.05) is 48.0 Å². The minimum atomic E-state index is -1.30. The molecule has 2 aromatic carbocycles. The van der Waals surface area contributed by atoms with Crippen molar-refractivity contribution in [1.29, 1.82) is 0 Å². The quantitative estimate of drug-likeness (QED) is 0.484. The van der Waals surface area contributed by atoms with Crippen LogP contribution in [-0.2, 0) is 34.0 Å². The van der Waals surface area contributed by atoms with Gasteiger partial charge in [0, 0.05) is 30.2 Å². The Kier molecular flexibility index (Phi) is 7.68. The van der Waals surface area contributed by atoms with Crippen LogP contribution in [0.15, 0.2) is 54.6 Å². The fourth-order valence-corrected chi connectivity index (χ4v) is 4.04. The Balaban J connectivity index is 1.63. The standard InChI is InChI=1S/C26H30ClN3O4/c1-26(2,25(31)32)34-18-22-15-24(30(28-22)17-21-7-3-4-9-23(21)27)20-8-5-6-19(14-20)16-29-10-12-33-13-11-29/h3-9,14-15H,10-13,16-18H2,1-2H3,(H,31,32). The van der Waals surface area contributed by atoms with Crippen LogP contribution in [0.3, 0.4) is 0 Å². The van der Waals surface area contributed by atoms with Crippen molar-refractivity contribution in [3.8, 4) is 11.3 Å². The lowest BCUT2D eigenvalue weighted by Gasteiger charge is -2.26. The highest BCUT2D eigenvalue weighted by Crippen LogP contribution is 2.26. The Hall–Kier alpha value is -2.71. The number of halogens is 1. The normalized spacial score (nSPS) is 14.9. The fourth-order valence-electron chi connectivity index (χ4n) is 3.84. The van der Waals surface area contributed by atoms with Crippen LogP contribution in [0.4, 0.5) is 0 Å². The number of benzene rings is 2. The number of aromatic nitrogens is 2. The molecule has 0 saturated carbocycles. The maximum Gasteiger partial charge on any atom is 0.335 e. The molecule has 1 fully saturated rings. The van der Waals surface area contributed by atoms with Crippen LogP contribution in [0, 0.1) is 0 Å². The Labute approximate surface area is 204 Å². The van der Waals surface area contributed by atoms with E-state index in [0.29, 0.717) is 17.3 Å². The fraction of sp³-hybridized carbons (Fsp3) is 0.385. The number of hydrogen-bond donors (Lipinski definition) is 1. The molecule has 8 heteroatoms. The van der Waals surface area contributed by atoms with Crippen LogP contribution in [-0.4, -0.2) is 57.7 Å². The van der Waals surface area contributed by atoms with Gasteiger partial charge in [-0.05, 0) is 43.2 Å². The number of carboxylic acids is 1. The topological polar surface area (TPSA) is 76.8 Å². The van der Waals surface area contributed by atoms with E-state index < -0.39 is 11.6 Å². The van der Waals surface area contributed by atoms with Crippen LogP contribution in [0.1, 0.15) is 30.7 Å². The predicted octanol–water partition coefficient (Wildman–Crippen LogP) is 4.46. The summed E-state index contributed by atoms with van der Waals surface area (Å²) in [5.74, 6) is -1.01. The number of morpholine rings is 1. The summed E-state index contributed by atoms with van der Waals surface area (Å²) >= 11 is 6.42. The number of ether oxygens (including phenoxy) is 2. The van der Waals surface area contributed by atoms with Gasteiger partial charge in [-0.15, -0.1) is 0 Å². The number of aliphatic carboxylic acids is 1. The molecule has 1 aromatic heterocycles. The third kappa shape index (κ3) is 6.04. The molecular weight excluding hydrogens is 454 g/mol. The molecule has 1 N–H and O–H groups in total.